The molecule has 2 rings (SSSR count). The van der Waals surface area contributed by atoms with Gasteiger partial charge in [0, 0.05) is 6.61 Å². The molecule has 0 aromatic heterocycles. The monoisotopic (exact) mass is 308 g/mol. The highest BCUT2D eigenvalue weighted by atomic mass is 16.5. The second-order valence-corrected chi connectivity index (χ2v) is 8.15. The lowest BCUT2D eigenvalue weighted by Crippen LogP contribution is -2.26. The van der Waals surface area contributed by atoms with Crippen molar-refractivity contribution >= 4 is 0 Å². The van der Waals surface area contributed by atoms with Crippen LogP contribution in [0.2, 0.25) is 0 Å². The molecule has 2 aliphatic rings. The summed E-state index contributed by atoms with van der Waals surface area (Å²) in [5, 5.41) is 0. The van der Waals surface area contributed by atoms with Crippen molar-refractivity contribution in [2.75, 3.05) is 6.61 Å². The smallest absolute Gasteiger partial charge is 0.0575 e. The molecule has 0 aromatic carbocycles. The highest BCUT2D eigenvalue weighted by Crippen LogP contribution is 2.34. The summed E-state index contributed by atoms with van der Waals surface area (Å²) in [7, 11) is 0. The van der Waals surface area contributed by atoms with Gasteiger partial charge in [-0.25, -0.2) is 0 Å². The maximum atomic E-state index is 6.29. The Kier molecular flexibility index (Phi) is 8.89. The standard InChI is InChI=1S/C21H40O/c1-3-5-6-8-19-13-15-21(16-14-19)22-17-20-11-9-18(7-4-2)10-12-20/h18-21H,3-17H2,1-2H3/t18-,19?,20-,21?. The second-order valence-electron chi connectivity index (χ2n) is 8.15. The highest BCUT2D eigenvalue weighted by Gasteiger charge is 2.24. The van der Waals surface area contributed by atoms with Gasteiger partial charge in [-0.1, -0.05) is 65.2 Å². The Bertz CT molecular complexity index is 259. The van der Waals surface area contributed by atoms with E-state index in [9.17, 15) is 0 Å². The molecule has 130 valence electrons. The van der Waals surface area contributed by atoms with Gasteiger partial charge in [-0.15, -0.1) is 0 Å². The van der Waals surface area contributed by atoms with Crippen molar-refractivity contribution < 1.29 is 4.74 Å². The maximum Gasteiger partial charge on any atom is 0.0575 e. The van der Waals surface area contributed by atoms with Crippen LogP contribution in [0.4, 0.5) is 0 Å². The van der Waals surface area contributed by atoms with E-state index in [0.717, 1.165) is 24.4 Å². The third-order valence-electron chi connectivity index (χ3n) is 6.24. The minimum Gasteiger partial charge on any atom is -0.378 e. The van der Waals surface area contributed by atoms with Crippen LogP contribution < -0.4 is 0 Å². The summed E-state index contributed by atoms with van der Waals surface area (Å²) in [6.07, 6.45) is 20.4. The molecular weight excluding hydrogens is 268 g/mol. The minimum atomic E-state index is 0.593. The predicted octanol–water partition coefficient (Wildman–Crippen LogP) is 6.75. The largest absolute Gasteiger partial charge is 0.378 e. The van der Waals surface area contributed by atoms with Crippen molar-refractivity contribution in [3.8, 4) is 0 Å². The first-order valence-electron chi connectivity index (χ1n) is 10.4. The summed E-state index contributed by atoms with van der Waals surface area (Å²) >= 11 is 0. The van der Waals surface area contributed by atoms with Gasteiger partial charge in [-0.05, 0) is 56.3 Å². The molecule has 2 saturated carbocycles. The summed E-state index contributed by atoms with van der Waals surface area (Å²) in [6.45, 7) is 5.69. The number of unbranched alkanes of at least 4 members (excludes halogenated alkanes) is 2. The Morgan fingerprint density at radius 2 is 1.23 bits per heavy atom. The molecule has 22 heavy (non-hydrogen) atoms. The average molecular weight is 309 g/mol. The topological polar surface area (TPSA) is 9.23 Å². The van der Waals surface area contributed by atoms with Crippen molar-refractivity contribution in [3.63, 3.8) is 0 Å². The fourth-order valence-corrected chi connectivity index (χ4v) is 4.64. The fraction of sp³-hybridized carbons (Fsp3) is 1.00. The number of hydrogen-bond acceptors (Lipinski definition) is 1. The Labute approximate surface area is 139 Å². The Morgan fingerprint density at radius 1 is 0.636 bits per heavy atom. The van der Waals surface area contributed by atoms with Crippen molar-refractivity contribution in [1.82, 2.24) is 0 Å². The number of hydrogen-bond donors (Lipinski definition) is 0. The summed E-state index contributed by atoms with van der Waals surface area (Å²) in [6, 6.07) is 0. The van der Waals surface area contributed by atoms with Gasteiger partial charge < -0.3 is 4.74 Å². The van der Waals surface area contributed by atoms with Gasteiger partial charge in [0.05, 0.1) is 6.10 Å². The van der Waals surface area contributed by atoms with Gasteiger partial charge in [0.15, 0.2) is 0 Å². The molecule has 0 radical (unpaired) electrons. The minimum absolute atomic E-state index is 0.593. The van der Waals surface area contributed by atoms with Gasteiger partial charge >= 0.3 is 0 Å². The van der Waals surface area contributed by atoms with Crippen LogP contribution in [0.3, 0.4) is 0 Å². The van der Waals surface area contributed by atoms with Gasteiger partial charge in [0.25, 0.3) is 0 Å². The van der Waals surface area contributed by atoms with E-state index < -0.39 is 0 Å². The molecule has 0 N–H and O–H groups in total. The van der Waals surface area contributed by atoms with E-state index in [2.05, 4.69) is 13.8 Å². The summed E-state index contributed by atoms with van der Waals surface area (Å²) < 4.78 is 6.29. The van der Waals surface area contributed by atoms with Crippen molar-refractivity contribution in [2.24, 2.45) is 17.8 Å². The van der Waals surface area contributed by atoms with Crippen molar-refractivity contribution in [1.29, 1.82) is 0 Å². The van der Waals surface area contributed by atoms with Crippen LogP contribution in [0.25, 0.3) is 0 Å². The number of rotatable bonds is 9. The van der Waals surface area contributed by atoms with Crippen LogP contribution >= 0.6 is 0 Å². The zero-order valence-corrected chi connectivity index (χ0v) is 15.3. The lowest BCUT2D eigenvalue weighted by Gasteiger charge is -2.32. The van der Waals surface area contributed by atoms with Crippen LogP contribution in [-0.4, -0.2) is 12.7 Å². The normalized spacial score (nSPS) is 33.0. The lowest BCUT2D eigenvalue weighted by molar-refractivity contribution is -0.0104. The van der Waals surface area contributed by atoms with Crippen LogP contribution in [0.1, 0.15) is 104 Å². The van der Waals surface area contributed by atoms with Gasteiger partial charge in [-0.3, -0.25) is 0 Å². The van der Waals surface area contributed by atoms with E-state index in [4.69, 9.17) is 4.74 Å². The van der Waals surface area contributed by atoms with Crippen LogP contribution in [0, 0.1) is 17.8 Å². The van der Waals surface area contributed by atoms with E-state index in [1.165, 1.54) is 89.9 Å². The lowest BCUT2D eigenvalue weighted by atomic mass is 9.80. The summed E-state index contributed by atoms with van der Waals surface area (Å²) in [4.78, 5) is 0. The quantitative estimate of drug-likeness (QED) is 0.428. The third kappa shape index (κ3) is 6.60. The Balaban J connectivity index is 1.52. The van der Waals surface area contributed by atoms with Crippen LogP contribution in [0.5, 0.6) is 0 Å². The average Bonchev–Trinajstić information content (AvgIpc) is 2.56. The highest BCUT2D eigenvalue weighted by molar-refractivity contribution is 4.75. The molecule has 0 amide bonds. The molecule has 0 saturated heterocycles. The molecule has 2 fully saturated rings. The van der Waals surface area contributed by atoms with Gasteiger partial charge in [0.1, 0.15) is 0 Å². The molecule has 2 aliphatic carbocycles. The molecule has 0 spiro atoms. The SMILES string of the molecule is CCCCCC1CCC(OC[C@H]2CC[C@H](CCC)CC2)CC1. The van der Waals surface area contributed by atoms with Crippen molar-refractivity contribution in [2.45, 2.75) is 110 Å². The van der Waals surface area contributed by atoms with Crippen LogP contribution in [0.15, 0.2) is 0 Å². The zero-order chi connectivity index (χ0) is 15.6. The molecule has 0 atom stereocenters. The Morgan fingerprint density at radius 3 is 1.86 bits per heavy atom. The van der Waals surface area contributed by atoms with Gasteiger partial charge in [0.2, 0.25) is 0 Å². The first-order chi connectivity index (χ1) is 10.8. The van der Waals surface area contributed by atoms with E-state index in [1.807, 2.05) is 0 Å². The van der Waals surface area contributed by atoms with E-state index in [-0.39, 0.29) is 0 Å². The zero-order valence-electron chi connectivity index (χ0n) is 15.3. The summed E-state index contributed by atoms with van der Waals surface area (Å²) in [5.74, 6) is 2.91. The number of ether oxygens (including phenoxy) is 1. The Hall–Kier alpha value is -0.0400. The first kappa shape index (κ1) is 18.3. The molecule has 0 heterocycles. The first-order valence-corrected chi connectivity index (χ1v) is 10.4. The third-order valence-corrected chi connectivity index (χ3v) is 6.24. The van der Waals surface area contributed by atoms with E-state index >= 15 is 0 Å². The van der Waals surface area contributed by atoms with E-state index in [1.54, 1.807) is 0 Å². The van der Waals surface area contributed by atoms with Crippen molar-refractivity contribution in [3.05, 3.63) is 0 Å². The molecule has 0 aliphatic heterocycles. The second kappa shape index (κ2) is 10.7. The maximum absolute atomic E-state index is 6.29. The molecule has 0 aromatic rings. The van der Waals surface area contributed by atoms with E-state index in [0.29, 0.717) is 6.10 Å². The molecule has 0 bridgehead atoms. The summed E-state index contributed by atoms with van der Waals surface area (Å²) in [5.41, 5.74) is 0. The fourth-order valence-electron chi connectivity index (χ4n) is 4.64. The molecule has 1 heteroatoms. The van der Waals surface area contributed by atoms with Gasteiger partial charge in [-0.2, -0.15) is 0 Å². The van der Waals surface area contributed by atoms with Crippen LogP contribution in [-0.2, 0) is 4.74 Å². The molecule has 1 nitrogen and oxygen atoms in total. The molecule has 0 unspecified atom stereocenters. The molecular formula is C21H40O. The predicted molar refractivity (Wildman–Crippen MR) is 96.2 cm³/mol.